The molecule has 1 aliphatic rings. The molecule has 0 radical (unpaired) electrons. The summed E-state index contributed by atoms with van der Waals surface area (Å²) in [6.07, 6.45) is -1.27. The number of rotatable bonds is 5. The number of hydrogen-bond acceptors (Lipinski definition) is 5. The van der Waals surface area contributed by atoms with E-state index in [1.165, 1.54) is 6.92 Å². The highest BCUT2D eigenvalue weighted by atomic mass is 16.6. The van der Waals surface area contributed by atoms with Crippen LogP contribution in [0.1, 0.15) is 27.7 Å². The fourth-order valence-corrected chi connectivity index (χ4v) is 2.53. The van der Waals surface area contributed by atoms with Gasteiger partial charge < -0.3 is 14.8 Å². The van der Waals surface area contributed by atoms with Crippen molar-refractivity contribution in [3.05, 3.63) is 10.4 Å². The molecule has 1 amide bonds. The van der Waals surface area contributed by atoms with Gasteiger partial charge in [0.1, 0.15) is 0 Å². The van der Waals surface area contributed by atoms with Crippen LogP contribution < -0.4 is 5.32 Å². The van der Waals surface area contributed by atoms with Gasteiger partial charge in [0.15, 0.2) is 6.10 Å². The molecule has 0 aromatic heterocycles. The largest absolute Gasteiger partial charge is 0.464 e. The monoisotopic (exact) mass is 298 g/mol. The Morgan fingerprint density at radius 1 is 1.38 bits per heavy atom. The average molecular weight is 298 g/mol. The van der Waals surface area contributed by atoms with E-state index in [-0.39, 0.29) is 37.0 Å². The van der Waals surface area contributed by atoms with E-state index in [1.807, 2.05) is 13.8 Å². The van der Waals surface area contributed by atoms with E-state index in [0.717, 1.165) is 0 Å². The lowest BCUT2D eigenvalue weighted by Gasteiger charge is -2.43. The first-order chi connectivity index (χ1) is 9.92. The van der Waals surface area contributed by atoms with Crippen molar-refractivity contribution >= 4 is 11.9 Å². The topological polar surface area (TPSA) is 113 Å². The van der Waals surface area contributed by atoms with Crippen molar-refractivity contribution in [1.82, 2.24) is 5.32 Å². The molecule has 0 aliphatic carbocycles. The van der Waals surface area contributed by atoms with Crippen molar-refractivity contribution in [3.8, 4) is 0 Å². The molecule has 1 fully saturated rings. The van der Waals surface area contributed by atoms with Crippen LogP contribution >= 0.6 is 0 Å². The number of amides is 1. The Kier molecular flexibility index (Phi) is 6.45. The van der Waals surface area contributed by atoms with Crippen LogP contribution in [0.25, 0.3) is 10.4 Å². The number of carbonyl (C=O) groups excluding carboxylic acids is 2. The molecule has 1 saturated heterocycles. The highest BCUT2D eigenvalue weighted by Gasteiger charge is 2.45. The Balaban J connectivity index is 2.97. The second-order valence-electron chi connectivity index (χ2n) is 5.21. The van der Waals surface area contributed by atoms with Crippen LogP contribution in [0.15, 0.2) is 5.11 Å². The van der Waals surface area contributed by atoms with Crippen molar-refractivity contribution in [1.29, 1.82) is 0 Å². The number of esters is 1. The molecule has 0 unspecified atom stereocenters. The highest BCUT2D eigenvalue weighted by molar-refractivity contribution is 5.79. The third-order valence-corrected chi connectivity index (χ3v) is 3.84. The average Bonchev–Trinajstić information content (AvgIpc) is 2.43. The number of hydrogen-bond donors (Lipinski definition) is 1. The quantitative estimate of drug-likeness (QED) is 0.357. The van der Waals surface area contributed by atoms with Crippen LogP contribution in [0.4, 0.5) is 0 Å². The first-order valence-electron chi connectivity index (χ1n) is 7.02. The van der Waals surface area contributed by atoms with Gasteiger partial charge in [-0.3, -0.25) is 4.79 Å². The van der Waals surface area contributed by atoms with Crippen LogP contribution in [0.3, 0.4) is 0 Å². The lowest BCUT2D eigenvalue weighted by Crippen LogP contribution is -2.60. The molecule has 0 saturated carbocycles. The standard InChI is InChI=1S/C13H22N4O4/c1-5-20-13(19)12-11(16-9(4)18)8(3)7(2)10(21-12)6-15-17-14/h7-8,10-12H,5-6H2,1-4H3,(H,16,18)/t7-,8-,10+,11+,12+/m0/s1. The van der Waals surface area contributed by atoms with Crippen molar-refractivity contribution < 1.29 is 19.1 Å². The predicted molar refractivity (Wildman–Crippen MR) is 75.2 cm³/mol. The normalized spacial score (nSPS) is 31.9. The van der Waals surface area contributed by atoms with Crippen molar-refractivity contribution in [2.45, 2.75) is 45.9 Å². The highest BCUT2D eigenvalue weighted by Crippen LogP contribution is 2.31. The summed E-state index contributed by atoms with van der Waals surface area (Å²) in [7, 11) is 0. The van der Waals surface area contributed by atoms with E-state index >= 15 is 0 Å². The van der Waals surface area contributed by atoms with Gasteiger partial charge in [0.25, 0.3) is 0 Å². The van der Waals surface area contributed by atoms with Gasteiger partial charge in [-0.1, -0.05) is 19.0 Å². The molecule has 1 heterocycles. The maximum absolute atomic E-state index is 12.1. The second-order valence-corrected chi connectivity index (χ2v) is 5.21. The summed E-state index contributed by atoms with van der Waals surface area (Å²) in [5, 5.41) is 6.28. The maximum atomic E-state index is 12.1. The van der Waals surface area contributed by atoms with Gasteiger partial charge in [-0.15, -0.1) is 0 Å². The third-order valence-electron chi connectivity index (χ3n) is 3.84. The zero-order valence-electron chi connectivity index (χ0n) is 12.8. The van der Waals surface area contributed by atoms with Crippen LogP contribution in [-0.2, 0) is 19.1 Å². The molecule has 5 atom stereocenters. The summed E-state index contributed by atoms with van der Waals surface area (Å²) in [5.41, 5.74) is 8.43. The summed E-state index contributed by atoms with van der Waals surface area (Å²) in [6.45, 7) is 7.35. The molecule has 0 aromatic rings. The van der Waals surface area contributed by atoms with Gasteiger partial charge in [-0.2, -0.15) is 0 Å². The molecule has 1 aliphatic heterocycles. The van der Waals surface area contributed by atoms with Crippen molar-refractivity contribution in [2.75, 3.05) is 13.2 Å². The molecule has 8 heteroatoms. The fourth-order valence-electron chi connectivity index (χ4n) is 2.53. The molecule has 1 rings (SSSR count). The van der Waals surface area contributed by atoms with Crippen molar-refractivity contribution in [2.24, 2.45) is 17.0 Å². The molecule has 118 valence electrons. The van der Waals surface area contributed by atoms with E-state index in [9.17, 15) is 9.59 Å². The number of ether oxygens (including phenoxy) is 2. The van der Waals surface area contributed by atoms with E-state index in [2.05, 4.69) is 15.3 Å². The first-order valence-corrected chi connectivity index (χ1v) is 7.02. The van der Waals surface area contributed by atoms with E-state index in [0.29, 0.717) is 0 Å². The Labute approximate surface area is 123 Å². The van der Waals surface area contributed by atoms with Crippen LogP contribution in [0.2, 0.25) is 0 Å². The molecule has 8 nitrogen and oxygen atoms in total. The van der Waals surface area contributed by atoms with Crippen molar-refractivity contribution in [3.63, 3.8) is 0 Å². The zero-order chi connectivity index (χ0) is 16.0. The van der Waals surface area contributed by atoms with Gasteiger partial charge in [0.05, 0.1) is 25.3 Å². The summed E-state index contributed by atoms with van der Waals surface area (Å²) in [6, 6.07) is -0.459. The summed E-state index contributed by atoms with van der Waals surface area (Å²) < 4.78 is 10.8. The van der Waals surface area contributed by atoms with Gasteiger partial charge in [0, 0.05) is 11.8 Å². The molecule has 1 N–H and O–H groups in total. The Morgan fingerprint density at radius 3 is 2.57 bits per heavy atom. The van der Waals surface area contributed by atoms with Gasteiger partial charge in [0.2, 0.25) is 5.91 Å². The number of nitrogens with one attached hydrogen (secondary N) is 1. The number of azide groups is 1. The lowest BCUT2D eigenvalue weighted by molar-refractivity contribution is -0.178. The zero-order valence-corrected chi connectivity index (χ0v) is 12.8. The molecule has 21 heavy (non-hydrogen) atoms. The molecule has 0 aromatic carbocycles. The Morgan fingerprint density at radius 2 is 2.05 bits per heavy atom. The first kappa shape index (κ1) is 17.3. The Bertz CT molecular complexity index is 436. The van der Waals surface area contributed by atoms with E-state index in [4.69, 9.17) is 15.0 Å². The molecule has 0 spiro atoms. The summed E-state index contributed by atoms with van der Waals surface area (Å²) in [5.74, 6) is -0.736. The van der Waals surface area contributed by atoms with Crippen LogP contribution in [0.5, 0.6) is 0 Å². The van der Waals surface area contributed by atoms with Gasteiger partial charge >= 0.3 is 5.97 Å². The Hall–Kier alpha value is -1.79. The van der Waals surface area contributed by atoms with Gasteiger partial charge in [-0.25, -0.2) is 4.79 Å². The fraction of sp³-hybridized carbons (Fsp3) is 0.846. The van der Waals surface area contributed by atoms with E-state index in [1.54, 1.807) is 6.92 Å². The van der Waals surface area contributed by atoms with E-state index < -0.39 is 18.1 Å². The third kappa shape index (κ3) is 4.34. The minimum absolute atomic E-state index is 0.0176. The molecular weight excluding hydrogens is 276 g/mol. The lowest BCUT2D eigenvalue weighted by atomic mass is 9.79. The van der Waals surface area contributed by atoms with Gasteiger partial charge in [-0.05, 0) is 24.3 Å². The minimum Gasteiger partial charge on any atom is -0.464 e. The smallest absolute Gasteiger partial charge is 0.337 e. The minimum atomic E-state index is -0.890. The molecular formula is C13H22N4O4. The number of nitrogens with zero attached hydrogens (tertiary/aromatic N) is 3. The number of carbonyl (C=O) groups is 2. The summed E-state index contributed by atoms with van der Waals surface area (Å²) >= 11 is 0. The second kappa shape index (κ2) is 7.85. The summed E-state index contributed by atoms with van der Waals surface area (Å²) in [4.78, 5) is 26.1. The maximum Gasteiger partial charge on any atom is 0.337 e. The van der Waals surface area contributed by atoms with Crippen LogP contribution in [0, 0.1) is 11.8 Å². The SMILES string of the molecule is CCOC(=O)[C@@H]1O[C@H](CN=[N+]=[N-])[C@@H](C)[C@H](C)[C@H]1NC(C)=O. The predicted octanol–water partition coefficient (Wildman–Crippen LogP) is 1.40. The van der Waals surface area contributed by atoms with Crippen LogP contribution in [-0.4, -0.2) is 43.3 Å². The molecule has 0 bridgehead atoms.